The minimum absolute atomic E-state index is 0.582. The second-order valence-corrected chi connectivity index (χ2v) is 5.74. The van der Waals surface area contributed by atoms with E-state index in [0.29, 0.717) is 5.92 Å². The Kier molecular flexibility index (Phi) is 9.14. The molecule has 0 amide bonds. The molecular formula is C18H31NO. The van der Waals surface area contributed by atoms with Crippen LogP contribution in [-0.4, -0.2) is 19.7 Å². The zero-order valence-electron chi connectivity index (χ0n) is 13.5. The summed E-state index contributed by atoms with van der Waals surface area (Å²) in [6.07, 6.45) is 6.69. The molecule has 0 fully saturated rings. The van der Waals surface area contributed by atoms with Gasteiger partial charge < -0.3 is 10.1 Å². The molecule has 1 rings (SSSR count). The van der Waals surface area contributed by atoms with Gasteiger partial charge in [0.2, 0.25) is 0 Å². The number of rotatable bonds is 11. The minimum Gasteiger partial charge on any atom is -0.492 e. The van der Waals surface area contributed by atoms with Crippen LogP contribution in [0.2, 0.25) is 0 Å². The van der Waals surface area contributed by atoms with Crippen molar-refractivity contribution in [2.45, 2.75) is 58.8 Å². The average Bonchev–Trinajstić information content (AvgIpc) is 2.46. The van der Waals surface area contributed by atoms with Crippen molar-refractivity contribution in [3.05, 3.63) is 29.8 Å². The van der Waals surface area contributed by atoms with Crippen molar-refractivity contribution in [3.8, 4) is 5.75 Å². The summed E-state index contributed by atoms with van der Waals surface area (Å²) >= 11 is 0. The Labute approximate surface area is 124 Å². The molecule has 0 atom stereocenters. The molecule has 0 aromatic heterocycles. The quantitative estimate of drug-likeness (QED) is 0.589. The van der Waals surface area contributed by atoms with Crippen molar-refractivity contribution in [3.63, 3.8) is 0 Å². The van der Waals surface area contributed by atoms with E-state index in [-0.39, 0.29) is 0 Å². The molecule has 0 unspecified atom stereocenters. The number of hydrogen-bond acceptors (Lipinski definition) is 2. The van der Waals surface area contributed by atoms with E-state index in [9.17, 15) is 0 Å². The van der Waals surface area contributed by atoms with Gasteiger partial charge in [-0.3, -0.25) is 0 Å². The Hall–Kier alpha value is -1.02. The molecule has 0 spiro atoms. The highest BCUT2D eigenvalue weighted by Gasteiger charge is 1.99. The third-order valence-electron chi connectivity index (χ3n) is 3.55. The second-order valence-electron chi connectivity index (χ2n) is 5.74. The number of nitrogens with one attached hydrogen (secondary N) is 1. The maximum atomic E-state index is 5.72. The van der Waals surface area contributed by atoms with Crippen molar-refractivity contribution in [2.75, 3.05) is 19.7 Å². The maximum Gasteiger partial charge on any atom is 0.119 e. The summed E-state index contributed by atoms with van der Waals surface area (Å²) in [7, 11) is 0. The summed E-state index contributed by atoms with van der Waals surface area (Å²) in [4.78, 5) is 0. The van der Waals surface area contributed by atoms with E-state index in [1.807, 2.05) is 0 Å². The highest BCUT2D eigenvalue weighted by molar-refractivity contribution is 5.28. The Morgan fingerprint density at radius 3 is 2.30 bits per heavy atom. The molecule has 1 aromatic rings. The Bertz CT molecular complexity index is 332. The molecule has 1 N–H and O–H groups in total. The molecule has 20 heavy (non-hydrogen) atoms. The standard InChI is InChI=1S/C18H31NO/c1-4-5-6-7-8-13-19-14-15-20-18-11-9-17(10-12-18)16(2)3/h9-12,16,19H,4-8,13-15H2,1-3H3. The SMILES string of the molecule is CCCCCCCNCCOc1ccc(C(C)C)cc1. The predicted octanol–water partition coefficient (Wildman–Crippen LogP) is 4.75. The largest absolute Gasteiger partial charge is 0.492 e. The fraction of sp³-hybridized carbons (Fsp3) is 0.667. The van der Waals surface area contributed by atoms with Crippen molar-refractivity contribution >= 4 is 0 Å². The molecule has 0 saturated heterocycles. The normalized spacial score (nSPS) is 11.0. The fourth-order valence-corrected chi connectivity index (χ4v) is 2.17. The van der Waals surface area contributed by atoms with E-state index in [0.717, 1.165) is 25.4 Å². The van der Waals surface area contributed by atoms with Crippen LogP contribution >= 0.6 is 0 Å². The predicted molar refractivity (Wildman–Crippen MR) is 87.7 cm³/mol. The highest BCUT2D eigenvalue weighted by Crippen LogP contribution is 2.18. The zero-order chi connectivity index (χ0) is 14.6. The van der Waals surface area contributed by atoms with Crippen LogP contribution in [0.3, 0.4) is 0 Å². The third kappa shape index (κ3) is 7.54. The van der Waals surface area contributed by atoms with E-state index in [4.69, 9.17) is 4.74 Å². The fourth-order valence-electron chi connectivity index (χ4n) is 2.17. The van der Waals surface area contributed by atoms with Gasteiger partial charge in [0.1, 0.15) is 12.4 Å². The van der Waals surface area contributed by atoms with Crippen LogP contribution in [0.15, 0.2) is 24.3 Å². The second kappa shape index (κ2) is 10.7. The van der Waals surface area contributed by atoms with Crippen molar-refractivity contribution in [1.29, 1.82) is 0 Å². The van der Waals surface area contributed by atoms with Crippen LogP contribution in [0.5, 0.6) is 5.75 Å². The molecule has 0 heterocycles. The van der Waals surface area contributed by atoms with Gasteiger partial charge in [-0.1, -0.05) is 58.6 Å². The zero-order valence-corrected chi connectivity index (χ0v) is 13.5. The molecule has 114 valence electrons. The Morgan fingerprint density at radius 1 is 0.950 bits per heavy atom. The van der Waals surface area contributed by atoms with Crippen LogP contribution in [0.1, 0.15) is 64.4 Å². The summed E-state index contributed by atoms with van der Waals surface area (Å²) in [6, 6.07) is 8.45. The molecule has 2 heteroatoms. The van der Waals surface area contributed by atoms with E-state index in [1.54, 1.807) is 0 Å². The van der Waals surface area contributed by atoms with Gasteiger partial charge in [-0.05, 0) is 36.6 Å². The molecule has 0 aliphatic rings. The number of ether oxygens (including phenoxy) is 1. The first-order valence-corrected chi connectivity index (χ1v) is 8.17. The molecule has 1 aromatic carbocycles. The van der Waals surface area contributed by atoms with Crippen LogP contribution in [0.4, 0.5) is 0 Å². The molecule has 0 bridgehead atoms. The summed E-state index contributed by atoms with van der Waals surface area (Å²) in [6.45, 7) is 9.46. The van der Waals surface area contributed by atoms with Gasteiger partial charge in [-0.2, -0.15) is 0 Å². The average molecular weight is 277 g/mol. The Balaban J connectivity index is 2.01. The lowest BCUT2D eigenvalue weighted by molar-refractivity contribution is 0.313. The van der Waals surface area contributed by atoms with Crippen LogP contribution in [-0.2, 0) is 0 Å². The summed E-state index contributed by atoms with van der Waals surface area (Å²) in [5.41, 5.74) is 1.36. The smallest absolute Gasteiger partial charge is 0.119 e. The van der Waals surface area contributed by atoms with Gasteiger partial charge in [-0.25, -0.2) is 0 Å². The van der Waals surface area contributed by atoms with Gasteiger partial charge in [-0.15, -0.1) is 0 Å². The van der Waals surface area contributed by atoms with Gasteiger partial charge >= 0.3 is 0 Å². The first-order chi connectivity index (χ1) is 9.74. The third-order valence-corrected chi connectivity index (χ3v) is 3.55. The summed E-state index contributed by atoms with van der Waals surface area (Å²) in [5.74, 6) is 1.55. The molecule has 0 saturated carbocycles. The first-order valence-electron chi connectivity index (χ1n) is 8.17. The van der Waals surface area contributed by atoms with Crippen LogP contribution in [0, 0.1) is 0 Å². The van der Waals surface area contributed by atoms with Gasteiger partial charge in [0, 0.05) is 6.54 Å². The monoisotopic (exact) mass is 277 g/mol. The van der Waals surface area contributed by atoms with E-state index in [1.165, 1.54) is 37.7 Å². The summed E-state index contributed by atoms with van der Waals surface area (Å²) in [5, 5.41) is 3.44. The summed E-state index contributed by atoms with van der Waals surface area (Å²) < 4.78 is 5.72. The number of unbranched alkanes of at least 4 members (excludes halogenated alkanes) is 4. The van der Waals surface area contributed by atoms with E-state index in [2.05, 4.69) is 50.4 Å². The van der Waals surface area contributed by atoms with Crippen molar-refractivity contribution in [1.82, 2.24) is 5.32 Å². The molecule has 0 radical (unpaired) electrons. The lowest BCUT2D eigenvalue weighted by Gasteiger charge is -2.09. The van der Waals surface area contributed by atoms with Crippen LogP contribution in [0.25, 0.3) is 0 Å². The van der Waals surface area contributed by atoms with Crippen molar-refractivity contribution < 1.29 is 4.74 Å². The molecule has 0 aliphatic heterocycles. The number of benzene rings is 1. The first kappa shape index (κ1) is 17.0. The lowest BCUT2D eigenvalue weighted by Crippen LogP contribution is -2.22. The van der Waals surface area contributed by atoms with E-state index < -0.39 is 0 Å². The van der Waals surface area contributed by atoms with Crippen molar-refractivity contribution in [2.24, 2.45) is 0 Å². The van der Waals surface area contributed by atoms with Crippen LogP contribution < -0.4 is 10.1 Å². The lowest BCUT2D eigenvalue weighted by atomic mass is 10.0. The maximum absolute atomic E-state index is 5.72. The number of hydrogen-bond donors (Lipinski definition) is 1. The van der Waals surface area contributed by atoms with Gasteiger partial charge in [0.05, 0.1) is 0 Å². The minimum atomic E-state index is 0.582. The molecule has 2 nitrogen and oxygen atoms in total. The van der Waals surface area contributed by atoms with Gasteiger partial charge in [0.15, 0.2) is 0 Å². The molecular weight excluding hydrogens is 246 g/mol. The topological polar surface area (TPSA) is 21.3 Å². The molecule has 0 aliphatic carbocycles. The Morgan fingerprint density at radius 2 is 1.65 bits per heavy atom. The van der Waals surface area contributed by atoms with E-state index >= 15 is 0 Å². The highest BCUT2D eigenvalue weighted by atomic mass is 16.5. The van der Waals surface area contributed by atoms with Gasteiger partial charge in [0.25, 0.3) is 0 Å².